The zero-order chi connectivity index (χ0) is 33.4. The summed E-state index contributed by atoms with van der Waals surface area (Å²) in [7, 11) is 0. The highest BCUT2D eigenvalue weighted by Gasteiger charge is 2.15. The molecule has 0 N–H and O–H groups in total. The molecular formula is C47H29N3. The average Bonchev–Trinajstić information content (AvgIpc) is 3.20. The highest BCUT2D eigenvalue weighted by molar-refractivity contribution is 6.15. The molecule has 0 aliphatic rings. The number of nitrogens with zero attached hydrogens (tertiary/aromatic N) is 3. The van der Waals surface area contributed by atoms with Crippen molar-refractivity contribution in [3.63, 3.8) is 0 Å². The van der Waals surface area contributed by atoms with Gasteiger partial charge >= 0.3 is 0 Å². The minimum Gasteiger partial charge on any atom is -0.238 e. The van der Waals surface area contributed by atoms with Gasteiger partial charge in [0.05, 0.1) is 18.0 Å². The molecule has 1 aromatic heterocycles. The van der Waals surface area contributed by atoms with E-state index in [2.05, 4.69) is 114 Å². The molecule has 232 valence electrons. The zero-order valence-corrected chi connectivity index (χ0v) is 27.1. The lowest BCUT2D eigenvalue weighted by atomic mass is 9.93. The van der Waals surface area contributed by atoms with Crippen LogP contribution in [0.3, 0.4) is 0 Å². The zero-order valence-electron chi connectivity index (χ0n) is 27.1. The summed E-state index contributed by atoms with van der Waals surface area (Å²) in [5, 5.41) is 7.52. The molecule has 0 unspecified atom stereocenters. The Morgan fingerprint density at radius 3 is 1.76 bits per heavy atom. The van der Waals surface area contributed by atoms with Crippen molar-refractivity contribution in [3.8, 4) is 56.2 Å². The summed E-state index contributed by atoms with van der Waals surface area (Å²) in [5.41, 5.74) is 9.76. The molecule has 1 heterocycles. The lowest BCUT2D eigenvalue weighted by molar-refractivity contribution is 1.18. The minimum atomic E-state index is 0.621. The Bertz CT molecular complexity index is 2740. The van der Waals surface area contributed by atoms with Gasteiger partial charge in [-0.15, -0.1) is 0 Å². The van der Waals surface area contributed by atoms with Crippen molar-refractivity contribution in [1.82, 2.24) is 9.97 Å². The number of benzene rings is 8. The predicted octanol–water partition coefficient (Wildman–Crippen LogP) is 12.8. The van der Waals surface area contributed by atoms with E-state index in [0.29, 0.717) is 11.5 Å². The number of fused-ring (bicyclic) bond motifs is 4. The lowest BCUT2D eigenvalue weighted by Crippen LogP contribution is -1.97. The normalized spacial score (nSPS) is 11.2. The third-order valence-corrected chi connectivity index (χ3v) is 9.50. The van der Waals surface area contributed by atoms with E-state index in [-0.39, 0.29) is 0 Å². The van der Waals surface area contributed by atoms with E-state index in [4.69, 9.17) is 16.5 Å². The third kappa shape index (κ3) is 5.26. The van der Waals surface area contributed by atoms with Crippen molar-refractivity contribution in [2.45, 2.75) is 0 Å². The first-order valence-corrected chi connectivity index (χ1v) is 16.7. The number of aromatic nitrogens is 2. The predicted molar refractivity (Wildman–Crippen MR) is 208 cm³/mol. The summed E-state index contributed by atoms with van der Waals surface area (Å²) in [6.07, 6.45) is 0. The molecule has 0 atom stereocenters. The van der Waals surface area contributed by atoms with Crippen molar-refractivity contribution >= 4 is 38.0 Å². The SMILES string of the molecule is [C-]#[N+]c1ccc(-c2ccccc2-c2cc(-c3ccc(-c4cccc5c4ccc4cc6ccccc6cc45)cc3)nc(-c3ccccc3)n2)cc1. The van der Waals surface area contributed by atoms with Crippen LogP contribution >= 0.6 is 0 Å². The number of hydrogen-bond donors (Lipinski definition) is 0. The topological polar surface area (TPSA) is 30.1 Å². The fourth-order valence-electron chi connectivity index (χ4n) is 6.98. The van der Waals surface area contributed by atoms with Gasteiger partial charge in [0.15, 0.2) is 11.5 Å². The fourth-order valence-corrected chi connectivity index (χ4v) is 6.98. The van der Waals surface area contributed by atoms with Crippen LogP contribution in [-0.2, 0) is 0 Å². The van der Waals surface area contributed by atoms with E-state index >= 15 is 0 Å². The van der Waals surface area contributed by atoms with Gasteiger partial charge in [-0.1, -0.05) is 158 Å². The molecule has 8 aromatic carbocycles. The lowest BCUT2D eigenvalue weighted by Gasteiger charge is -2.14. The van der Waals surface area contributed by atoms with Gasteiger partial charge in [-0.05, 0) is 72.8 Å². The maximum Gasteiger partial charge on any atom is 0.187 e. The van der Waals surface area contributed by atoms with Gasteiger partial charge in [0.2, 0.25) is 0 Å². The largest absolute Gasteiger partial charge is 0.238 e. The van der Waals surface area contributed by atoms with E-state index < -0.39 is 0 Å². The molecule has 0 bridgehead atoms. The van der Waals surface area contributed by atoms with Gasteiger partial charge in [0.1, 0.15) is 0 Å². The van der Waals surface area contributed by atoms with Crippen LogP contribution in [0.1, 0.15) is 0 Å². The molecule has 0 saturated heterocycles. The van der Waals surface area contributed by atoms with Crippen LogP contribution in [-0.4, -0.2) is 9.97 Å². The molecule has 0 spiro atoms. The summed E-state index contributed by atoms with van der Waals surface area (Å²) in [6.45, 7) is 7.37. The minimum absolute atomic E-state index is 0.621. The van der Waals surface area contributed by atoms with Crippen molar-refractivity contribution in [2.75, 3.05) is 0 Å². The van der Waals surface area contributed by atoms with E-state index in [1.807, 2.05) is 66.7 Å². The number of rotatable bonds is 5. The van der Waals surface area contributed by atoms with Crippen LogP contribution in [0.25, 0.3) is 93.3 Å². The van der Waals surface area contributed by atoms with E-state index in [0.717, 1.165) is 44.8 Å². The first kappa shape index (κ1) is 29.3. The van der Waals surface area contributed by atoms with Crippen molar-refractivity contribution in [1.29, 1.82) is 0 Å². The summed E-state index contributed by atoms with van der Waals surface area (Å²) in [5.74, 6) is 0.675. The summed E-state index contributed by atoms with van der Waals surface area (Å²) >= 11 is 0. The Morgan fingerprint density at radius 1 is 0.360 bits per heavy atom. The van der Waals surface area contributed by atoms with Crippen molar-refractivity contribution < 1.29 is 0 Å². The molecule has 50 heavy (non-hydrogen) atoms. The highest BCUT2D eigenvalue weighted by Crippen LogP contribution is 2.38. The van der Waals surface area contributed by atoms with Crippen LogP contribution in [0.2, 0.25) is 0 Å². The van der Waals surface area contributed by atoms with Gasteiger partial charge in [-0.3, -0.25) is 0 Å². The average molecular weight is 636 g/mol. The molecule has 3 heteroatoms. The van der Waals surface area contributed by atoms with Gasteiger partial charge in [-0.25, -0.2) is 14.8 Å². The smallest absolute Gasteiger partial charge is 0.187 e. The summed E-state index contributed by atoms with van der Waals surface area (Å²) in [4.78, 5) is 13.8. The molecule has 3 nitrogen and oxygen atoms in total. The van der Waals surface area contributed by atoms with E-state index in [1.165, 1.54) is 37.9 Å². The first-order chi connectivity index (χ1) is 24.7. The summed E-state index contributed by atoms with van der Waals surface area (Å²) < 4.78 is 0. The molecular weight excluding hydrogens is 607 g/mol. The first-order valence-electron chi connectivity index (χ1n) is 16.7. The standard InChI is InChI=1S/C47H29N3/c1-48-38-25-22-32(23-26-38)40-14-7-8-15-43(40)46-30-45(49-47(50-46)34-10-3-2-4-11-34)33-20-18-31(19-21-33)39-16-9-17-41-42(39)27-24-37-28-35-12-5-6-13-36(35)29-44(37)41/h2-30H. The maximum atomic E-state index is 7.37. The monoisotopic (exact) mass is 635 g/mol. The van der Waals surface area contributed by atoms with Gasteiger partial charge < -0.3 is 0 Å². The fraction of sp³-hybridized carbons (Fsp3) is 0. The Hall–Kier alpha value is -6.89. The van der Waals surface area contributed by atoms with E-state index in [9.17, 15) is 0 Å². The van der Waals surface area contributed by atoms with Gasteiger partial charge in [-0.2, -0.15) is 0 Å². The second-order valence-corrected chi connectivity index (χ2v) is 12.5. The van der Waals surface area contributed by atoms with E-state index in [1.54, 1.807) is 0 Å². The molecule has 9 rings (SSSR count). The quantitative estimate of drug-likeness (QED) is 0.107. The molecule has 0 saturated carbocycles. The summed E-state index contributed by atoms with van der Waals surface area (Å²) in [6, 6.07) is 61.2. The van der Waals surface area contributed by atoms with Crippen LogP contribution in [0, 0.1) is 6.57 Å². The molecule has 9 aromatic rings. The Morgan fingerprint density at radius 2 is 0.980 bits per heavy atom. The Kier molecular flexibility index (Phi) is 7.19. The third-order valence-electron chi connectivity index (χ3n) is 9.50. The second kappa shape index (κ2) is 12.3. The Labute approximate surface area is 290 Å². The second-order valence-electron chi connectivity index (χ2n) is 12.5. The molecule has 0 aliphatic heterocycles. The van der Waals surface area contributed by atoms with Gasteiger partial charge in [0, 0.05) is 16.7 Å². The molecule has 0 amide bonds. The van der Waals surface area contributed by atoms with Gasteiger partial charge in [0.25, 0.3) is 0 Å². The van der Waals surface area contributed by atoms with Crippen molar-refractivity contribution in [3.05, 3.63) is 187 Å². The highest BCUT2D eigenvalue weighted by atomic mass is 14.9. The molecule has 0 aliphatic carbocycles. The number of hydrogen-bond acceptors (Lipinski definition) is 2. The van der Waals surface area contributed by atoms with Crippen LogP contribution < -0.4 is 0 Å². The van der Waals surface area contributed by atoms with Crippen LogP contribution in [0.15, 0.2) is 176 Å². The maximum absolute atomic E-state index is 7.37. The van der Waals surface area contributed by atoms with Crippen molar-refractivity contribution in [2.24, 2.45) is 0 Å². The van der Waals surface area contributed by atoms with Crippen LogP contribution in [0.4, 0.5) is 5.69 Å². The molecule has 0 radical (unpaired) electrons. The molecule has 0 fully saturated rings. The van der Waals surface area contributed by atoms with Crippen LogP contribution in [0.5, 0.6) is 0 Å². The Balaban J connectivity index is 1.15.